The molecule has 9 heteroatoms. The molecule has 1 aliphatic heterocycles. The molecule has 1 saturated heterocycles. The summed E-state index contributed by atoms with van der Waals surface area (Å²) in [6, 6.07) is 16.2. The minimum absolute atomic E-state index is 0.00850. The van der Waals surface area contributed by atoms with Gasteiger partial charge in [0.25, 0.3) is 5.91 Å². The van der Waals surface area contributed by atoms with E-state index >= 15 is 0 Å². The summed E-state index contributed by atoms with van der Waals surface area (Å²) in [6.07, 6.45) is 7.86. The number of rotatable bonds is 9. The van der Waals surface area contributed by atoms with Gasteiger partial charge in [0.1, 0.15) is 5.56 Å². The molecule has 2 heterocycles. The van der Waals surface area contributed by atoms with Gasteiger partial charge in [-0.3, -0.25) is 9.79 Å². The number of piperidine rings is 1. The molecule has 1 aromatic heterocycles. The van der Waals surface area contributed by atoms with Crippen LogP contribution in [0.2, 0.25) is 0 Å². The molecule has 42 heavy (non-hydrogen) atoms. The first kappa shape index (κ1) is 29.2. The normalized spacial score (nSPS) is 20.6. The molecule has 9 nitrogen and oxygen atoms in total. The summed E-state index contributed by atoms with van der Waals surface area (Å²) in [7, 11) is 3.06. The largest absolute Gasteiger partial charge is 0.465 e. The zero-order valence-corrected chi connectivity index (χ0v) is 24.9. The molecule has 1 amide bonds. The number of nitrogens with zero attached hydrogens (tertiary/aromatic N) is 5. The van der Waals surface area contributed by atoms with Crippen LogP contribution in [0, 0.1) is 12.8 Å². The van der Waals surface area contributed by atoms with E-state index in [1.807, 2.05) is 60.1 Å². The summed E-state index contributed by atoms with van der Waals surface area (Å²) < 4.78 is 6.98. The number of amides is 1. The lowest BCUT2D eigenvalue weighted by Gasteiger charge is -2.36. The Morgan fingerprint density at radius 3 is 2.62 bits per heavy atom. The number of hydrazone groups is 1. The molecule has 220 valence electrons. The van der Waals surface area contributed by atoms with Gasteiger partial charge in [0.15, 0.2) is 0 Å². The fraction of sp³-hybridized carbons (Fsp3) is 0.424. The highest BCUT2D eigenvalue weighted by Gasteiger charge is 2.47. The van der Waals surface area contributed by atoms with Crippen LogP contribution in [0.15, 0.2) is 58.6 Å². The molecule has 2 aliphatic rings. The van der Waals surface area contributed by atoms with Crippen LogP contribution in [0.25, 0.3) is 16.8 Å². The maximum atomic E-state index is 13.6. The summed E-state index contributed by atoms with van der Waals surface area (Å²) in [5.74, 6) is 5.37. The van der Waals surface area contributed by atoms with E-state index in [4.69, 9.17) is 15.7 Å². The lowest BCUT2D eigenvalue weighted by atomic mass is 9.96. The molecule has 1 aliphatic carbocycles. The Hall–Kier alpha value is -4.27. The van der Waals surface area contributed by atoms with Crippen LogP contribution in [-0.2, 0) is 4.74 Å². The van der Waals surface area contributed by atoms with Crippen molar-refractivity contribution in [3.8, 4) is 16.8 Å². The van der Waals surface area contributed by atoms with Crippen LogP contribution in [0.1, 0.15) is 83.5 Å². The number of aliphatic imine (C=N–C) groups is 1. The van der Waals surface area contributed by atoms with Crippen molar-refractivity contribution in [1.29, 1.82) is 0 Å². The van der Waals surface area contributed by atoms with E-state index in [0.29, 0.717) is 28.6 Å². The Kier molecular flexibility index (Phi) is 8.85. The number of carbonyl (C=O) groups is 2. The van der Waals surface area contributed by atoms with Gasteiger partial charge in [0, 0.05) is 43.2 Å². The molecule has 3 aromatic rings. The van der Waals surface area contributed by atoms with Gasteiger partial charge in [0.2, 0.25) is 0 Å². The summed E-state index contributed by atoms with van der Waals surface area (Å²) in [5.41, 5.74) is 5.96. The standard InChI is InChI=1S/C33H40N6O3/c1-5-10-25-14-6-7-16-38(25)32(40)24-13-8-11-22(17-24)23-12-9-15-26(18-23)39-31(30(21(2)37-39)33(41)42-4)28-19-27(28)29(36-34)20-35-3/h8-9,11-13,15,17-18,20,25,27-28H,5-7,10,14,16,19,34H2,1-4H3/t25-,27?,28?/m1/s1. The van der Waals surface area contributed by atoms with Crippen molar-refractivity contribution >= 4 is 23.8 Å². The van der Waals surface area contributed by atoms with E-state index in [0.717, 1.165) is 61.2 Å². The second-order valence-corrected chi connectivity index (χ2v) is 11.2. The van der Waals surface area contributed by atoms with Crippen LogP contribution in [0.3, 0.4) is 0 Å². The van der Waals surface area contributed by atoms with E-state index in [9.17, 15) is 9.59 Å². The van der Waals surface area contributed by atoms with Crippen LogP contribution in [-0.4, -0.2) is 65.2 Å². The van der Waals surface area contributed by atoms with E-state index in [-0.39, 0.29) is 17.7 Å². The third-order valence-electron chi connectivity index (χ3n) is 8.46. The minimum atomic E-state index is -0.420. The van der Waals surface area contributed by atoms with Crippen LogP contribution in [0.5, 0.6) is 0 Å². The third kappa shape index (κ3) is 5.73. The van der Waals surface area contributed by atoms with Crippen molar-refractivity contribution < 1.29 is 14.3 Å². The molecule has 1 saturated carbocycles. The number of aromatic nitrogens is 2. The van der Waals surface area contributed by atoms with Crippen LogP contribution >= 0.6 is 0 Å². The van der Waals surface area contributed by atoms with Gasteiger partial charge in [-0.2, -0.15) is 10.2 Å². The number of hydrogen-bond acceptors (Lipinski definition) is 7. The number of ether oxygens (including phenoxy) is 1. The number of benzene rings is 2. The maximum absolute atomic E-state index is 13.6. The molecule has 2 aromatic carbocycles. The lowest BCUT2D eigenvalue weighted by molar-refractivity contribution is 0.0591. The van der Waals surface area contributed by atoms with Crippen LogP contribution in [0.4, 0.5) is 0 Å². The first-order valence-corrected chi connectivity index (χ1v) is 14.8. The zero-order chi connectivity index (χ0) is 29.8. The topological polar surface area (TPSA) is 115 Å². The van der Waals surface area contributed by atoms with E-state index in [2.05, 4.69) is 21.9 Å². The quantitative estimate of drug-likeness (QED) is 0.157. The van der Waals surface area contributed by atoms with Gasteiger partial charge >= 0.3 is 5.97 Å². The lowest BCUT2D eigenvalue weighted by Crippen LogP contribution is -2.43. The molecule has 5 rings (SSSR count). The van der Waals surface area contributed by atoms with Crippen LogP contribution < -0.4 is 5.84 Å². The molecule has 2 fully saturated rings. The summed E-state index contributed by atoms with van der Waals surface area (Å²) >= 11 is 0. The fourth-order valence-electron chi connectivity index (χ4n) is 6.34. The predicted octanol–water partition coefficient (Wildman–Crippen LogP) is 5.55. The highest BCUT2D eigenvalue weighted by atomic mass is 16.5. The highest BCUT2D eigenvalue weighted by Crippen LogP contribution is 2.50. The summed E-state index contributed by atoms with van der Waals surface area (Å²) in [4.78, 5) is 32.7. The Labute approximate surface area is 247 Å². The number of esters is 1. The van der Waals surface area contributed by atoms with Gasteiger partial charge < -0.3 is 15.5 Å². The van der Waals surface area contributed by atoms with Gasteiger partial charge in [-0.05, 0) is 74.4 Å². The number of carbonyl (C=O) groups excluding carboxylic acids is 2. The molecule has 2 unspecified atom stereocenters. The predicted molar refractivity (Wildman–Crippen MR) is 166 cm³/mol. The molecule has 0 radical (unpaired) electrons. The van der Waals surface area contributed by atoms with Crippen molar-refractivity contribution in [2.24, 2.45) is 21.9 Å². The molecule has 2 N–H and O–H groups in total. The number of hydrogen-bond donors (Lipinski definition) is 1. The Bertz CT molecular complexity index is 1520. The monoisotopic (exact) mass is 568 g/mol. The smallest absolute Gasteiger partial charge is 0.341 e. The Morgan fingerprint density at radius 1 is 1.14 bits per heavy atom. The summed E-state index contributed by atoms with van der Waals surface area (Å²) in [6.45, 7) is 4.81. The molecular formula is C33H40N6O3. The Balaban J connectivity index is 1.50. The van der Waals surface area contributed by atoms with Crippen molar-refractivity contribution in [2.45, 2.75) is 64.3 Å². The number of methoxy groups -OCH3 is 1. The zero-order valence-electron chi connectivity index (χ0n) is 24.9. The minimum Gasteiger partial charge on any atom is -0.465 e. The maximum Gasteiger partial charge on any atom is 0.341 e. The number of likely N-dealkylation sites (tertiary alicyclic amines) is 1. The second-order valence-electron chi connectivity index (χ2n) is 11.2. The van der Waals surface area contributed by atoms with E-state index in [1.165, 1.54) is 13.5 Å². The number of aryl methyl sites for hydroxylation is 1. The van der Waals surface area contributed by atoms with E-state index < -0.39 is 5.97 Å². The molecule has 3 atom stereocenters. The van der Waals surface area contributed by atoms with Gasteiger partial charge in [-0.1, -0.05) is 37.6 Å². The third-order valence-corrected chi connectivity index (χ3v) is 8.46. The fourth-order valence-corrected chi connectivity index (χ4v) is 6.34. The molecular weight excluding hydrogens is 528 g/mol. The SMILES string of the molecule is CCC[C@@H]1CCCCN1C(=O)c1cccc(-c2cccc(-n3nc(C)c(C(=O)OC)c3C3CC3C(C=NC)=NN)c2)c1. The number of nitrogens with two attached hydrogens (primary N) is 1. The van der Waals surface area contributed by atoms with E-state index in [1.54, 1.807) is 13.3 Å². The first-order chi connectivity index (χ1) is 20.4. The van der Waals surface area contributed by atoms with Crippen molar-refractivity contribution in [3.63, 3.8) is 0 Å². The van der Waals surface area contributed by atoms with Gasteiger partial charge in [-0.25, -0.2) is 9.48 Å². The molecule has 0 bridgehead atoms. The van der Waals surface area contributed by atoms with Gasteiger partial charge in [-0.15, -0.1) is 0 Å². The average molecular weight is 569 g/mol. The average Bonchev–Trinajstić information content (AvgIpc) is 3.73. The second kappa shape index (κ2) is 12.7. The summed E-state index contributed by atoms with van der Waals surface area (Å²) in [5, 5.41) is 8.73. The molecule has 0 spiro atoms. The Morgan fingerprint density at radius 2 is 1.90 bits per heavy atom. The van der Waals surface area contributed by atoms with Crippen molar-refractivity contribution in [2.75, 3.05) is 20.7 Å². The van der Waals surface area contributed by atoms with Gasteiger partial charge in [0.05, 0.1) is 29.9 Å². The highest BCUT2D eigenvalue weighted by molar-refractivity contribution is 6.32. The van der Waals surface area contributed by atoms with Crippen molar-refractivity contribution in [1.82, 2.24) is 14.7 Å². The first-order valence-electron chi connectivity index (χ1n) is 14.8. The van der Waals surface area contributed by atoms with Crippen molar-refractivity contribution in [3.05, 3.63) is 71.0 Å².